The van der Waals surface area contributed by atoms with Crippen LogP contribution in [0.1, 0.15) is 23.8 Å². The average Bonchev–Trinajstić information content (AvgIpc) is 2.86. The summed E-state index contributed by atoms with van der Waals surface area (Å²) in [6.07, 6.45) is 5.36. The lowest BCUT2D eigenvalue weighted by atomic mass is 9.89. The number of aryl methyl sites for hydroxylation is 1. The van der Waals surface area contributed by atoms with Crippen molar-refractivity contribution in [3.05, 3.63) is 47.1 Å². The second kappa shape index (κ2) is 5.43. The Kier molecular flexibility index (Phi) is 3.43. The summed E-state index contributed by atoms with van der Waals surface area (Å²) >= 11 is 3.61. The lowest BCUT2D eigenvalue weighted by Gasteiger charge is -2.18. The average molecular weight is 312 g/mol. The van der Waals surface area contributed by atoms with E-state index in [0.29, 0.717) is 0 Å². The van der Waals surface area contributed by atoms with E-state index in [4.69, 9.17) is 0 Å². The molecule has 2 nitrogen and oxygen atoms in total. The van der Waals surface area contributed by atoms with Crippen LogP contribution in [-0.4, -0.2) is 9.97 Å². The zero-order valence-corrected chi connectivity index (χ0v) is 13.5. The Morgan fingerprint density at radius 3 is 2.90 bits per heavy atom. The van der Waals surface area contributed by atoms with Crippen molar-refractivity contribution in [3.8, 4) is 0 Å². The highest BCUT2D eigenvalue weighted by molar-refractivity contribution is 7.99. The Morgan fingerprint density at radius 1 is 1.19 bits per heavy atom. The maximum atomic E-state index is 4.56. The largest absolute Gasteiger partial charge is 0.229 e. The Morgan fingerprint density at radius 2 is 2.05 bits per heavy atom. The lowest BCUT2D eigenvalue weighted by Crippen LogP contribution is -2.08. The molecule has 3 aromatic rings. The summed E-state index contributed by atoms with van der Waals surface area (Å²) in [6.45, 7) is 2.35. The van der Waals surface area contributed by atoms with Gasteiger partial charge in [-0.15, -0.1) is 11.3 Å². The molecule has 1 aromatic carbocycles. The standard InChI is InChI=1S/C17H16N2S2/c1-11-7-8-13-14(9-11)21-17-15(13)16(18-10-19-17)20-12-5-3-2-4-6-12/h2-6,10-11H,7-9H2,1H3. The van der Waals surface area contributed by atoms with Crippen LogP contribution in [0.3, 0.4) is 0 Å². The minimum Gasteiger partial charge on any atom is -0.229 e. The number of nitrogens with zero attached hydrogens (tertiary/aromatic N) is 2. The van der Waals surface area contributed by atoms with Crippen LogP contribution in [0.2, 0.25) is 0 Å². The molecule has 0 amide bonds. The Labute approximate surface area is 132 Å². The van der Waals surface area contributed by atoms with Crippen LogP contribution >= 0.6 is 23.1 Å². The SMILES string of the molecule is CC1CCc2c(sc3ncnc(Sc4ccccc4)c23)C1. The molecule has 1 unspecified atom stereocenters. The quantitative estimate of drug-likeness (QED) is 0.625. The van der Waals surface area contributed by atoms with Crippen molar-refractivity contribution in [1.82, 2.24) is 9.97 Å². The summed E-state index contributed by atoms with van der Waals surface area (Å²) in [5, 5.41) is 2.41. The first-order valence-electron chi connectivity index (χ1n) is 7.29. The van der Waals surface area contributed by atoms with Gasteiger partial charge in [0, 0.05) is 15.2 Å². The van der Waals surface area contributed by atoms with Gasteiger partial charge in [-0.05, 0) is 42.9 Å². The van der Waals surface area contributed by atoms with E-state index >= 15 is 0 Å². The fourth-order valence-electron chi connectivity index (χ4n) is 2.92. The summed E-state index contributed by atoms with van der Waals surface area (Å²) < 4.78 is 0. The van der Waals surface area contributed by atoms with E-state index in [0.717, 1.165) is 15.8 Å². The van der Waals surface area contributed by atoms with Crippen LogP contribution in [0.4, 0.5) is 0 Å². The number of aromatic nitrogens is 2. The second-order valence-corrected chi connectivity index (χ2v) is 7.77. The zero-order chi connectivity index (χ0) is 14.2. The number of rotatable bonds is 2. The molecular weight excluding hydrogens is 296 g/mol. The van der Waals surface area contributed by atoms with Gasteiger partial charge in [-0.2, -0.15) is 0 Å². The number of thiophene rings is 1. The normalized spacial score (nSPS) is 17.9. The summed E-state index contributed by atoms with van der Waals surface area (Å²) in [5.41, 5.74) is 1.51. The van der Waals surface area contributed by atoms with Crippen LogP contribution in [0.25, 0.3) is 10.2 Å². The molecule has 21 heavy (non-hydrogen) atoms. The smallest absolute Gasteiger partial charge is 0.128 e. The summed E-state index contributed by atoms with van der Waals surface area (Å²) in [5.74, 6) is 0.795. The third kappa shape index (κ3) is 2.47. The Hall–Kier alpha value is -1.39. The van der Waals surface area contributed by atoms with E-state index in [1.165, 1.54) is 40.0 Å². The molecule has 4 rings (SSSR count). The molecule has 0 spiro atoms. The van der Waals surface area contributed by atoms with Crippen LogP contribution in [0.5, 0.6) is 0 Å². The fourth-order valence-corrected chi connectivity index (χ4v) is 5.28. The van der Waals surface area contributed by atoms with Gasteiger partial charge in [0.15, 0.2) is 0 Å². The van der Waals surface area contributed by atoms with E-state index < -0.39 is 0 Å². The van der Waals surface area contributed by atoms with Crippen molar-refractivity contribution in [2.75, 3.05) is 0 Å². The molecule has 4 heteroatoms. The minimum absolute atomic E-state index is 0.795. The molecule has 1 aliphatic carbocycles. The lowest BCUT2D eigenvalue weighted by molar-refractivity contribution is 0.509. The summed E-state index contributed by atoms with van der Waals surface area (Å²) in [7, 11) is 0. The number of hydrogen-bond donors (Lipinski definition) is 0. The van der Waals surface area contributed by atoms with E-state index in [2.05, 4.69) is 41.2 Å². The molecule has 0 aliphatic heterocycles. The van der Waals surface area contributed by atoms with Gasteiger partial charge in [-0.3, -0.25) is 0 Å². The van der Waals surface area contributed by atoms with Gasteiger partial charge in [0.1, 0.15) is 16.2 Å². The molecule has 0 N–H and O–H groups in total. The van der Waals surface area contributed by atoms with E-state index in [-0.39, 0.29) is 0 Å². The first-order valence-corrected chi connectivity index (χ1v) is 8.92. The van der Waals surface area contributed by atoms with Crippen molar-refractivity contribution in [2.24, 2.45) is 5.92 Å². The molecule has 1 aliphatic rings. The van der Waals surface area contributed by atoms with Crippen LogP contribution in [0.15, 0.2) is 46.6 Å². The van der Waals surface area contributed by atoms with Crippen molar-refractivity contribution in [2.45, 2.75) is 36.1 Å². The zero-order valence-electron chi connectivity index (χ0n) is 11.9. The first-order chi connectivity index (χ1) is 10.3. The molecule has 0 fully saturated rings. The molecule has 0 saturated carbocycles. The highest BCUT2D eigenvalue weighted by atomic mass is 32.2. The van der Waals surface area contributed by atoms with Gasteiger partial charge in [-0.25, -0.2) is 9.97 Å². The maximum Gasteiger partial charge on any atom is 0.128 e. The minimum atomic E-state index is 0.795. The van der Waals surface area contributed by atoms with Gasteiger partial charge >= 0.3 is 0 Å². The van der Waals surface area contributed by atoms with Gasteiger partial charge in [0.2, 0.25) is 0 Å². The number of hydrogen-bond acceptors (Lipinski definition) is 4. The van der Waals surface area contributed by atoms with Gasteiger partial charge in [0.05, 0.1) is 0 Å². The summed E-state index contributed by atoms with van der Waals surface area (Å²) in [6, 6.07) is 10.5. The van der Waals surface area contributed by atoms with E-state index in [1.807, 2.05) is 17.4 Å². The third-order valence-electron chi connectivity index (χ3n) is 4.01. The molecule has 2 heterocycles. The fraction of sp³-hybridized carbons (Fsp3) is 0.294. The van der Waals surface area contributed by atoms with Crippen molar-refractivity contribution in [3.63, 3.8) is 0 Å². The molecule has 106 valence electrons. The Bertz CT molecular complexity index is 780. The second-order valence-electron chi connectivity index (χ2n) is 5.63. The van der Waals surface area contributed by atoms with Crippen molar-refractivity contribution >= 4 is 33.3 Å². The van der Waals surface area contributed by atoms with E-state index in [1.54, 1.807) is 18.1 Å². The molecular formula is C17H16N2S2. The number of fused-ring (bicyclic) bond motifs is 3. The van der Waals surface area contributed by atoms with Gasteiger partial charge in [-0.1, -0.05) is 36.9 Å². The van der Waals surface area contributed by atoms with Crippen LogP contribution in [-0.2, 0) is 12.8 Å². The molecule has 0 bridgehead atoms. The molecule has 1 atom stereocenters. The summed E-state index contributed by atoms with van der Waals surface area (Å²) in [4.78, 5) is 13.0. The van der Waals surface area contributed by atoms with Crippen LogP contribution in [0, 0.1) is 5.92 Å². The molecule has 0 radical (unpaired) electrons. The molecule has 2 aromatic heterocycles. The van der Waals surface area contributed by atoms with Gasteiger partial charge in [0.25, 0.3) is 0 Å². The van der Waals surface area contributed by atoms with Crippen molar-refractivity contribution < 1.29 is 0 Å². The predicted molar refractivity (Wildman–Crippen MR) is 89.2 cm³/mol. The molecule has 0 saturated heterocycles. The highest BCUT2D eigenvalue weighted by Gasteiger charge is 2.23. The monoisotopic (exact) mass is 312 g/mol. The highest BCUT2D eigenvalue weighted by Crippen LogP contribution is 2.41. The third-order valence-corrected chi connectivity index (χ3v) is 6.19. The van der Waals surface area contributed by atoms with Crippen LogP contribution < -0.4 is 0 Å². The van der Waals surface area contributed by atoms with Crippen molar-refractivity contribution in [1.29, 1.82) is 0 Å². The predicted octanol–water partition coefficient (Wildman–Crippen LogP) is 4.97. The Balaban J connectivity index is 1.82. The first kappa shape index (κ1) is 13.3. The maximum absolute atomic E-state index is 4.56. The topological polar surface area (TPSA) is 25.8 Å². The number of benzene rings is 1. The van der Waals surface area contributed by atoms with E-state index in [9.17, 15) is 0 Å². The van der Waals surface area contributed by atoms with Gasteiger partial charge < -0.3 is 0 Å².